The van der Waals surface area contributed by atoms with Crippen molar-refractivity contribution < 1.29 is 38.1 Å². The van der Waals surface area contributed by atoms with Crippen molar-refractivity contribution in [3.05, 3.63) is 0 Å². The molecule has 0 aliphatic carbocycles. The zero-order valence-corrected chi connectivity index (χ0v) is 8.24. The van der Waals surface area contributed by atoms with Gasteiger partial charge < -0.3 is 29.7 Å². The van der Waals surface area contributed by atoms with E-state index >= 15 is 0 Å². The maximum absolute atomic E-state index is 10.4. The second kappa shape index (κ2) is 4.29. The van der Waals surface area contributed by atoms with Gasteiger partial charge >= 0.3 is 0 Å². The first-order chi connectivity index (χ1) is 6.72. The van der Waals surface area contributed by atoms with Gasteiger partial charge in [0.05, 0.1) is 15.9 Å². The Morgan fingerprint density at radius 2 is 1.60 bits per heavy atom. The molecule has 4 N–H and O–H groups in total. The minimum Gasteiger partial charge on any atom is -0.748 e. The number of aliphatic hydroxyl groups excluding tert-OH is 4. The number of hydrogen-bond donors (Lipinski definition) is 4. The van der Waals surface area contributed by atoms with Crippen molar-refractivity contribution in [1.82, 2.24) is 0 Å². The van der Waals surface area contributed by atoms with Gasteiger partial charge in [-0.05, 0) is 0 Å². The van der Waals surface area contributed by atoms with Crippen molar-refractivity contribution in [1.29, 1.82) is 0 Å². The lowest BCUT2D eigenvalue weighted by Crippen LogP contribution is -2.59. The molecule has 1 fully saturated rings. The molecule has 9 heteroatoms. The fourth-order valence-electron chi connectivity index (χ4n) is 1.27. The van der Waals surface area contributed by atoms with Gasteiger partial charge in [-0.25, -0.2) is 8.42 Å². The summed E-state index contributed by atoms with van der Waals surface area (Å²) in [7, 11) is -4.66. The minimum absolute atomic E-state index is 1.09. The summed E-state index contributed by atoms with van der Waals surface area (Å²) in [5.74, 6) is -1.09. The second-order valence-electron chi connectivity index (χ2n) is 3.26. The highest BCUT2D eigenvalue weighted by molar-refractivity contribution is 7.85. The van der Waals surface area contributed by atoms with Crippen LogP contribution in [0.5, 0.6) is 0 Å². The van der Waals surface area contributed by atoms with Crippen LogP contribution in [0.25, 0.3) is 0 Å². The molecule has 1 rings (SSSR count). The number of rotatable bonds is 2. The van der Waals surface area contributed by atoms with Crippen LogP contribution in [-0.2, 0) is 14.9 Å². The first-order valence-corrected chi connectivity index (χ1v) is 5.61. The molecule has 0 radical (unpaired) electrons. The Bertz CT molecular complexity index is 313. The van der Waals surface area contributed by atoms with E-state index in [4.69, 9.17) is 15.3 Å². The zero-order chi connectivity index (χ0) is 11.8. The molecule has 0 aromatic rings. The molecule has 15 heavy (non-hydrogen) atoms. The molecule has 0 aromatic heterocycles. The minimum atomic E-state index is -4.66. The van der Waals surface area contributed by atoms with Crippen LogP contribution in [0.1, 0.15) is 0 Å². The third kappa shape index (κ3) is 3.08. The molecule has 0 amide bonds. The molecule has 0 unspecified atom stereocenters. The van der Waals surface area contributed by atoms with Gasteiger partial charge in [0, 0.05) is 0 Å². The first kappa shape index (κ1) is 12.8. The van der Waals surface area contributed by atoms with E-state index in [9.17, 15) is 18.1 Å². The van der Waals surface area contributed by atoms with Gasteiger partial charge in [0.2, 0.25) is 0 Å². The predicted molar refractivity (Wildman–Crippen MR) is 43.5 cm³/mol. The summed E-state index contributed by atoms with van der Waals surface area (Å²) >= 11 is 0. The van der Waals surface area contributed by atoms with Crippen molar-refractivity contribution in [3.63, 3.8) is 0 Å². The van der Waals surface area contributed by atoms with Crippen LogP contribution in [0, 0.1) is 0 Å². The zero-order valence-electron chi connectivity index (χ0n) is 7.42. The molecule has 0 saturated carbocycles. The maximum atomic E-state index is 10.4. The molecule has 90 valence electrons. The Balaban J connectivity index is 2.75. The molecule has 1 aliphatic heterocycles. The highest BCUT2D eigenvalue weighted by Gasteiger charge is 2.43. The molecule has 0 bridgehead atoms. The molecule has 0 aromatic carbocycles. The monoisotopic (exact) mass is 243 g/mol. The lowest BCUT2D eigenvalue weighted by molar-refractivity contribution is -0.276. The van der Waals surface area contributed by atoms with E-state index in [0.717, 1.165) is 0 Å². The van der Waals surface area contributed by atoms with E-state index in [0.29, 0.717) is 0 Å². The highest BCUT2D eigenvalue weighted by Crippen LogP contribution is 2.20. The molecule has 0 spiro atoms. The van der Waals surface area contributed by atoms with Crippen LogP contribution in [0.4, 0.5) is 0 Å². The summed E-state index contributed by atoms with van der Waals surface area (Å²) in [5.41, 5.74) is 0. The van der Waals surface area contributed by atoms with Crippen molar-refractivity contribution in [3.8, 4) is 0 Å². The molecule has 1 heterocycles. The fraction of sp³-hybridized carbons (Fsp3) is 1.00. The van der Waals surface area contributed by atoms with Crippen LogP contribution in [0.3, 0.4) is 0 Å². The standard InChI is InChI=1S/C6H12O8S/c7-3-2(1-15(11,12)13)14-6(10)5(9)4(3)8/h2-10H,1H2,(H,11,12,13)/p-1/t2-,3-,4+,5+,6-/m1/s1. The van der Waals surface area contributed by atoms with Crippen LogP contribution in [-0.4, -0.2) is 69.9 Å². The van der Waals surface area contributed by atoms with Gasteiger partial charge in [0.15, 0.2) is 6.29 Å². The van der Waals surface area contributed by atoms with Crippen molar-refractivity contribution in [2.45, 2.75) is 30.7 Å². The van der Waals surface area contributed by atoms with E-state index in [-0.39, 0.29) is 0 Å². The Kier molecular flexibility index (Phi) is 3.66. The molecule has 8 nitrogen and oxygen atoms in total. The van der Waals surface area contributed by atoms with Crippen LogP contribution in [0.2, 0.25) is 0 Å². The topological polar surface area (TPSA) is 147 Å². The third-order valence-electron chi connectivity index (χ3n) is 2.06. The lowest BCUT2D eigenvalue weighted by Gasteiger charge is -2.38. The van der Waals surface area contributed by atoms with Crippen molar-refractivity contribution >= 4 is 10.1 Å². The smallest absolute Gasteiger partial charge is 0.183 e. The Morgan fingerprint density at radius 1 is 1.07 bits per heavy atom. The van der Waals surface area contributed by atoms with Gasteiger partial charge in [-0.1, -0.05) is 0 Å². The first-order valence-electron chi connectivity index (χ1n) is 4.03. The highest BCUT2D eigenvalue weighted by atomic mass is 32.2. The number of ether oxygens (including phenoxy) is 1. The van der Waals surface area contributed by atoms with E-state index in [1.165, 1.54) is 0 Å². The molecular weight excluding hydrogens is 232 g/mol. The summed E-state index contributed by atoms with van der Waals surface area (Å²) in [5, 5.41) is 36.4. The van der Waals surface area contributed by atoms with Gasteiger partial charge in [-0.3, -0.25) is 0 Å². The van der Waals surface area contributed by atoms with Gasteiger partial charge in [0.25, 0.3) is 0 Å². The largest absolute Gasteiger partial charge is 0.748 e. The Morgan fingerprint density at radius 3 is 2.07 bits per heavy atom. The average Bonchev–Trinajstić information content (AvgIpc) is 2.08. The van der Waals surface area contributed by atoms with E-state index in [1.807, 2.05) is 0 Å². The summed E-state index contributed by atoms with van der Waals surface area (Å²) in [6.07, 6.45) is -8.64. The van der Waals surface area contributed by atoms with Gasteiger partial charge in [-0.2, -0.15) is 0 Å². The summed E-state index contributed by atoms with van der Waals surface area (Å²) < 4.78 is 35.6. The van der Waals surface area contributed by atoms with Crippen LogP contribution < -0.4 is 0 Å². The Hall–Kier alpha value is -0.290. The van der Waals surface area contributed by atoms with E-state index in [1.54, 1.807) is 0 Å². The number of hydrogen-bond acceptors (Lipinski definition) is 8. The summed E-state index contributed by atoms with van der Waals surface area (Å²) in [4.78, 5) is 0. The van der Waals surface area contributed by atoms with E-state index < -0.39 is 46.6 Å². The normalized spacial score (nSPS) is 42.9. The molecule has 1 aliphatic rings. The van der Waals surface area contributed by atoms with Crippen molar-refractivity contribution in [2.75, 3.05) is 5.75 Å². The molecular formula is C6H11O8S-. The Labute approximate surface area is 85.5 Å². The second-order valence-corrected chi connectivity index (χ2v) is 4.71. The van der Waals surface area contributed by atoms with Gasteiger partial charge in [-0.15, -0.1) is 0 Å². The summed E-state index contributed by atoms with van der Waals surface area (Å²) in [6.45, 7) is 0. The predicted octanol–water partition coefficient (Wildman–Crippen LogP) is -3.67. The average molecular weight is 243 g/mol. The van der Waals surface area contributed by atoms with Crippen molar-refractivity contribution in [2.24, 2.45) is 0 Å². The SMILES string of the molecule is O=S(=O)([O-])C[C@H]1O[C@@H](O)[C@@H](O)[C@@H](O)[C@@H]1O. The van der Waals surface area contributed by atoms with E-state index in [2.05, 4.69) is 4.74 Å². The molecule has 1 saturated heterocycles. The molecule has 5 atom stereocenters. The maximum Gasteiger partial charge on any atom is 0.183 e. The third-order valence-corrected chi connectivity index (χ3v) is 2.79. The fourth-order valence-corrected chi connectivity index (χ4v) is 1.95. The quantitative estimate of drug-likeness (QED) is 0.363. The van der Waals surface area contributed by atoms with Crippen LogP contribution in [0.15, 0.2) is 0 Å². The lowest BCUT2D eigenvalue weighted by atomic mass is 10.0. The van der Waals surface area contributed by atoms with Crippen LogP contribution >= 0.6 is 0 Å². The number of aliphatic hydroxyl groups is 4. The summed E-state index contributed by atoms with van der Waals surface area (Å²) in [6, 6.07) is 0. The van der Waals surface area contributed by atoms with Gasteiger partial charge in [0.1, 0.15) is 24.4 Å².